The average molecular weight is 350 g/mol. The van der Waals surface area contributed by atoms with Crippen LogP contribution in [0.25, 0.3) is 0 Å². The fourth-order valence-corrected chi connectivity index (χ4v) is 2.89. The number of nitrogens with zero attached hydrogens (tertiary/aromatic N) is 1. The zero-order valence-corrected chi connectivity index (χ0v) is 14.9. The molecule has 3 aromatic rings. The second-order valence-corrected chi connectivity index (χ2v) is 6.03. The number of amides is 1. The highest BCUT2D eigenvalue weighted by atomic mass is 16.5. The third-order valence-electron chi connectivity index (χ3n) is 4.13. The van der Waals surface area contributed by atoms with E-state index < -0.39 is 6.04 Å². The Bertz CT molecular complexity index is 831. The van der Waals surface area contributed by atoms with Crippen molar-refractivity contribution in [1.82, 2.24) is 4.90 Å². The highest BCUT2D eigenvalue weighted by Gasteiger charge is 2.26. The van der Waals surface area contributed by atoms with Crippen molar-refractivity contribution < 1.29 is 13.9 Å². The van der Waals surface area contributed by atoms with Gasteiger partial charge in [-0.25, -0.2) is 0 Å². The summed E-state index contributed by atoms with van der Waals surface area (Å²) in [5.74, 6) is 1.39. The summed E-state index contributed by atoms with van der Waals surface area (Å²) < 4.78 is 10.7. The van der Waals surface area contributed by atoms with Gasteiger partial charge >= 0.3 is 0 Å². The van der Waals surface area contributed by atoms with E-state index in [1.165, 1.54) is 0 Å². The predicted molar refractivity (Wildman–Crippen MR) is 101 cm³/mol. The third-order valence-corrected chi connectivity index (χ3v) is 4.13. The molecule has 0 aliphatic heterocycles. The highest BCUT2D eigenvalue weighted by Crippen LogP contribution is 2.24. The van der Waals surface area contributed by atoms with Crippen LogP contribution in [0.1, 0.15) is 17.4 Å². The highest BCUT2D eigenvalue weighted by molar-refractivity contribution is 5.95. The van der Waals surface area contributed by atoms with Gasteiger partial charge < -0.3 is 14.5 Å². The molecule has 134 valence electrons. The maximum absolute atomic E-state index is 13.1. The Labute approximate surface area is 153 Å². The number of ether oxygens (including phenoxy) is 1. The lowest BCUT2D eigenvalue weighted by molar-refractivity contribution is -0.121. The number of carbonyl (C=O) groups excluding carboxylic acids is 1. The number of furan rings is 1. The lowest BCUT2D eigenvalue weighted by atomic mass is 10.0. The van der Waals surface area contributed by atoms with E-state index in [-0.39, 0.29) is 5.91 Å². The van der Waals surface area contributed by atoms with E-state index in [4.69, 9.17) is 9.15 Å². The summed E-state index contributed by atoms with van der Waals surface area (Å²) in [5, 5.41) is 2.98. The standard InChI is InChI=1S/C21H22N2O3/c1-23(15-19-12-7-13-26-19)20(16-8-4-3-5-9-16)21(24)22-17-10-6-11-18(14-17)25-2/h3-14,20H,15H2,1-2H3,(H,22,24)/t20-/m1/s1. The van der Waals surface area contributed by atoms with E-state index in [9.17, 15) is 4.79 Å². The van der Waals surface area contributed by atoms with Crippen LogP contribution in [0.5, 0.6) is 5.75 Å². The van der Waals surface area contributed by atoms with Crippen LogP contribution in [0.15, 0.2) is 77.4 Å². The summed E-state index contributed by atoms with van der Waals surface area (Å²) >= 11 is 0. The number of carbonyl (C=O) groups is 1. The van der Waals surface area contributed by atoms with Crippen LogP contribution >= 0.6 is 0 Å². The second kappa shape index (κ2) is 8.36. The summed E-state index contributed by atoms with van der Waals surface area (Å²) in [7, 11) is 3.51. The van der Waals surface area contributed by atoms with E-state index in [1.807, 2.05) is 72.6 Å². The fourth-order valence-electron chi connectivity index (χ4n) is 2.89. The minimum atomic E-state index is -0.451. The van der Waals surface area contributed by atoms with E-state index in [0.717, 1.165) is 11.3 Å². The predicted octanol–water partition coefficient (Wildman–Crippen LogP) is 4.10. The molecule has 1 atom stereocenters. The number of nitrogens with one attached hydrogen (secondary N) is 1. The lowest BCUT2D eigenvalue weighted by Crippen LogP contribution is -2.34. The lowest BCUT2D eigenvalue weighted by Gasteiger charge is -2.27. The van der Waals surface area contributed by atoms with Gasteiger partial charge in [-0.15, -0.1) is 0 Å². The number of hydrogen-bond acceptors (Lipinski definition) is 4. The molecular formula is C21H22N2O3. The number of likely N-dealkylation sites (N-methyl/N-ethyl adjacent to an activating group) is 1. The van der Waals surface area contributed by atoms with E-state index >= 15 is 0 Å². The minimum Gasteiger partial charge on any atom is -0.497 e. The molecule has 0 saturated heterocycles. The zero-order chi connectivity index (χ0) is 18.4. The normalized spacial score (nSPS) is 12.0. The van der Waals surface area contributed by atoms with Gasteiger partial charge in [0, 0.05) is 11.8 Å². The van der Waals surface area contributed by atoms with Crippen LogP contribution in [0.4, 0.5) is 5.69 Å². The largest absolute Gasteiger partial charge is 0.497 e. The van der Waals surface area contributed by atoms with Gasteiger partial charge in [-0.3, -0.25) is 9.69 Å². The van der Waals surface area contributed by atoms with E-state index in [2.05, 4.69) is 5.32 Å². The molecule has 2 aromatic carbocycles. The number of hydrogen-bond donors (Lipinski definition) is 1. The number of methoxy groups -OCH3 is 1. The van der Waals surface area contributed by atoms with Crippen molar-refractivity contribution >= 4 is 11.6 Å². The molecule has 1 N–H and O–H groups in total. The Morgan fingerprint density at radius 3 is 2.62 bits per heavy atom. The molecule has 5 nitrogen and oxygen atoms in total. The number of rotatable bonds is 7. The SMILES string of the molecule is COc1cccc(NC(=O)[C@@H](c2ccccc2)N(C)Cc2ccco2)c1. The van der Waals surface area contributed by atoms with Crippen LogP contribution in [-0.2, 0) is 11.3 Å². The van der Waals surface area contributed by atoms with Gasteiger partial charge in [0.2, 0.25) is 5.91 Å². The summed E-state index contributed by atoms with van der Waals surface area (Å²) in [6, 6.07) is 20.3. The summed E-state index contributed by atoms with van der Waals surface area (Å²) in [6.07, 6.45) is 1.64. The van der Waals surface area contributed by atoms with Crippen molar-refractivity contribution in [2.45, 2.75) is 12.6 Å². The van der Waals surface area contributed by atoms with Crippen LogP contribution in [0.3, 0.4) is 0 Å². The molecule has 0 fully saturated rings. The van der Waals surface area contributed by atoms with Gasteiger partial charge in [-0.1, -0.05) is 36.4 Å². The zero-order valence-electron chi connectivity index (χ0n) is 14.9. The molecule has 26 heavy (non-hydrogen) atoms. The van der Waals surface area contributed by atoms with Crippen molar-refractivity contribution in [2.24, 2.45) is 0 Å². The molecule has 0 radical (unpaired) electrons. The van der Waals surface area contributed by atoms with Gasteiger partial charge in [0.25, 0.3) is 0 Å². The van der Waals surface area contributed by atoms with E-state index in [1.54, 1.807) is 19.4 Å². The monoisotopic (exact) mass is 350 g/mol. The van der Waals surface area contributed by atoms with Crippen LogP contribution < -0.4 is 10.1 Å². The van der Waals surface area contributed by atoms with Gasteiger partial charge in [0.1, 0.15) is 17.6 Å². The molecule has 5 heteroatoms. The van der Waals surface area contributed by atoms with Crippen molar-refractivity contribution in [1.29, 1.82) is 0 Å². The molecule has 0 spiro atoms. The maximum Gasteiger partial charge on any atom is 0.246 e. The van der Waals surface area contributed by atoms with E-state index in [0.29, 0.717) is 18.0 Å². The average Bonchev–Trinajstić information content (AvgIpc) is 3.16. The molecule has 0 unspecified atom stereocenters. The third kappa shape index (κ3) is 4.32. The van der Waals surface area contributed by atoms with Gasteiger partial charge in [0.15, 0.2) is 0 Å². The van der Waals surface area contributed by atoms with Crippen molar-refractivity contribution in [3.8, 4) is 5.75 Å². The maximum atomic E-state index is 13.1. The quantitative estimate of drug-likeness (QED) is 0.697. The molecule has 0 saturated carbocycles. The van der Waals surface area contributed by atoms with Crippen molar-refractivity contribution in [2.75, 3.05) is 19.5 Å². The Balaban J connectivity index is 1.83. The van der Waals surface area contributed by atoms with Crippen LogP contribution in [0.2, 0.25) is 0 Å². The first-order valence-corrected chi connectivity index (χ1v) is 8.40. The van der Waals surface area contributed by atoms with Gasteiger partial charge in [0.05, 0.1) is 19.9 Å². The summed E-state index contributed by atoms with van der Waals surface area (Å²) in [5.41, 5.74) is 1.61. The van der Waals surface area contributed by atoms with Crippen LogP contribution in [-0.4, -0.2) is 25.0 Å². The molecular weight excluding hydrogens is 328 g/mol. The Morgan fingerprint density at radius 1 is 1.12 bits per heavy atom. The molecule has 1 aromatic heterocycles. The summed E-state index contributed by atoms with van der Waals surface area (Å²) in [4.78, 5) is 15.0. The van der Waals surface area contributed by atoms with Crippen molar-refractivity contribution in [3.05, 3.63) is 84.3 Å². The molecule has 1 heterocycles. The number of benzene rings is 2. The smallest absolute Gasteiger partial charge is 0.246 e. The second-order valence-electron chi connectivity index (χ2n) is 6.03. The molecule has 0 aliphatic rings. The first-order chi connectivity index (χ1) is 12.7. The molecule has 0 aliphatic carbocycles. The first kappa shape index (κ1) is 17.8. The minimum absolute atomic E-state index is 0.112. The first-order valence-electron chi connectivity index (χ1n) is 8.40. The van der Waals surface area contributed by atoms with Gasteiger partial charge in [-0.05, 0) is 36.9 Å². The van der Waals surface area contributed by atoms with Crippen molar-refractivity contribution in [3.63, 3.8) is 0 Å². The Hall–Kier alpha value is -3.05. The Kier molecular flexibility index (Phi) is 5.71. The molecule has 0 bridgehead atoms. The summed E-state index contributed by atoms with van der Waals surface area (Å²) in [6.45, 7) is 0.526. The Morgan fingerprint density at radius 2 is 1.92 bits per heavy atom. The topological polar surface area (TPSA) is 54.7 Å². The molecule has 1 amide bonds. The van der Waals surface area contributed by atoms with Crippen LogP contribution in [0, 0.1) is 0 Å². The molecule has 3 rings (SSSR count). The van der Waals surface area contributed by atoms with Gasteiger partial charge in [-0.2, -0.15) is 0 Å². The number of anilines is 1. The fraction of sp³-hybridized carbons (Fsp3) is 0.190.